The Morgan fingerprint density at radius 1 is 1.32 bits per heavy atom. The van der Waals surface area contributed by atoms with Crippen LogP contribution in [0.2, 0.25) is 0 Å². The highest BCUT2D eigenvalue weighted by Gasteiger charge is 2.23. The molecule has 3 rings (SSSR count). The highest BCUT2D eigenvalue weighted by molar-refractivity contribution is 5.78. The summed E-state index contributed by atoms with van der Waals surface area (Å²) < 4.78 is 7.16. The van der Waals surface area contributed by atoms with Crippen LogP contribution < -0.4 is 10.1 Å². The molecule has 1 N–H and O–H groups in total. The number of hydrogen-bond donors (Lipinski definition) is 1. The van der Waals surface area contributed by atoms with E-state index in [2.05, 4.69) is 21.4 Å². The van der Waals surface area contributed by atoms with Gasteiger partial charge in [0.1, 0.15) is 5.75 Å². The lowest BCUT2D eigenvalue weighted by Gasteiger charge is -2.31. The molecule has 1 aliphatic heterocycles. The molecule has 25 heavy (non-hydrogen) atoms. The predicted molar refractivity (Wildman–Crippen MR) is 96.5 cm³/mol. The Hall–Kier alpha value is -2.34. The molecule has 2 heterocycles. The van der Waals surface area contributed by atoms with Crippen LogP contribution in [-0.4, -0.2) is 47.3 Å². The smallest absolute Gasteiger partial charge is 0.234 e. The number of methoxy groups -OCH3 is 1. The van der Waals surface area contributed by atoms with E-state index in [1.165, 1.54) is 5.69 Å². The number of aromatic nitrogens is 2. The number of carbonyl (C=O) groups excluding carboxylic acids is 1. The molecule has 1 fully saturated rings. The highest BCUT2D eigenvalue weighted by Crippen LogP contribution is 2.27. The van der Waals surface area contributed by atoms with Gasteiger partial charge in [-0.3, -0.25) is 14.4 Å². The minimum absolute atomic E-state index is 0.0711. The van der Waals surface area contributed by atoms with Gasteiger partial charge in [-0.05, 0) is 49.7 Å². The molecule has 0 radical (unpaired) electrons. The molecule has 134 valence electrons. The molecule has 1 aromatic carbocycles. The summed E-state index contributed by atoms with van der Waals surface area (Å²) in [4.78, 5) is 14.4. The maximum Gasteiger partial charge on any atom is 0.234 e. The number of nitrogens with one attached hydrogen (secondary N) is 1. The van der Waals surface area contributed by atoms with E-state index in [9.17, 15) is 4.79 Å². The Morgan fingerprint density at radius 2 is 2.12 bits per heavy atom. The van der Waals surface area contributed by atoms with E-state index in [1.807, 2.05) is 42.2 Å². The second-order valence-electron chi connectivity index (χ2n) is 6.56. The van der Waals surface area contributed by atoms with Crippen molar-refractivity contribution in [3.05, 3.63) is 47.8 Å². The van der Waals surface area contributed by atoms with Crippen LogP contribution in [0.5, 0.6) is 5.75 Å². The van der Waals surface area contributed by atoms with E-state index in [4.69, 9.17) is 4.74 Å². The molecule has 0 bridgehead atoms. The Labute approximate surface area is 148 Å². The van der Waals surface area contributed by atoms with Gasteiger partial charge in [0.25, 0.3) is 0 Å². The zero-order chi connectivity index (χ0) is 17.6. The van der Waals surface area contributed by atoms with Crippen LogP contribution in [0, 0.1) is 0 Å². The fraction of sp³-hybridized carbons (Fsp3) is 0.474. The quantitative estimate of drug-likeness (QED) is 0.871. The standard InChI is InChI=1S/C19H26N4O2/c1-22-18(6-9-21-22)16-7-10-23(11-8-16)14-19(24)20-13-15-4-3-5-17(12-15)25-2/h3-6,9,12,16H,7-8,10-11,13-14H2,1-2H3,(H,20,24). The van der Waals surface area contributed by atoms with E-state index in [-0.39, 0.29) is 5.91 Å². The molecule has 1 amide bonds. The maximum absolute atomic E-state index is 12.2. The third-order valence-electron chi connectivity index (χ3n) is 4.86. The minimum Gasteiger partial charge on any atom is -0.497 e. The number of hydrogen-bond acceptors (Lipinski definition) is 4. The van der Waals surface area contributed by atoms with Crippen molar-refractivity contribution in [2.75, 3.05) is 26.7 Å². The molecule has 0 aliphatic carbocycles. The number of aryl methyl sites for hydroxylation is 1. The second-order valence-corrected chi connectivity index (χ2v) is 6.56. The highest BCUT2D eigenvalue weighted by atomic mass is 16.5. The molecule has 0 unspecified atom stereocenters. The summed E-state index contributed by atoms with van der Waals surface area (Å²) >= 11 is 0. The first-order valence-electron chi connectivity index (χ1n) is 8.75. The molecule has 2 aromatic rings. The van der Waals surface area contributed by atoms with E-state index in [1.54, 1.807) is 7.11 Å². The number of likely N-dealkylation sites (tertiary alicyclic amines) is 1. The third-order valence-corrected chi connectivity index (χ3v) is 4.86. The first kappa shape index (κ1) is 17.5. The zero-order valence-electron chi connectivity index (χ0n) is 14.9. The molecule has 0 saturated carbocycles. The lowest BCUT2D eigenvalue weighted by atomic mass is 9.93. The van der Waals surface area contributed by atoms with Gasteiger partial charge in [0, 0.05) is 31.4 Å². The van der Waals surface area contributed by atoms with Crippen molar-refractivity contribution in [1.29, 1.82) is 0 Å². The first-order chi connectivity index (χ1) is 12.2. The van der Waals surface area contributed by atoms with Gasteiger partial charge >= 0.3 is 0 Å². The third kappa shape index (κ3) is 4.60. The Balaban J connectivity index is 1.42. The predicted octanol–water partition coefficient (Wildman–Crippen LogP) is 1.92. The lowest BCUT2D eigenvalue weighted by molar-refractivity contribution is -0.122. The molecule has 0 atom stereocenters. The molecule has 1 aromatic heterocycles. The van der Waals surface area contributed by atoms with Crippen molar-refractivity contribution in [3.63, 3.8) is 0 Å². The summed E-state index contributed by atoms with van der Waals surface area (Å²) in [5, 5.41) is 7.25. The van der Waals surface area contributed by atoms with Crippen LogP contribution in [0.15, 0.2) is 36.5 Å². The number of benzene rings is 1. The van der Waals surface area contributed by atoms with E-state index in [0.717, 1.165) is 37.2 Å². The number of nitrogens with zero attached hydrogens (tertiary/aromatic N) is 3. The molecule has 0 spiro atoms. The maximum atomic E-state index is 12.2. The van der Waals surface area contributed by atoms with Crippen molar-refractivity contribution < 1.29 is 9.53 Å². The van der Waals surface area contributed by atoms with Crippen LogP contribution in [0.4, 0.5) is 0 Å². The van der Waals surface area contributed by atoms with Crippen molar-refractivity contribution >= 4 is 5.91 Å². The van der Waals surface area contributed by atoms with Crippen LogP contribution in [0.1, 0.15) is 30.0 Å². The summed E-state index contributed by atoms with van der Waals surface area (Å²) in [5.41, 5.74) is 2.34. The Morgan fingerprint density at radius 3 is 2.80 bits per heavy atom. The van der Waals surface area contributed by atoms with Gasteiger partial charge in [0.15, 0.2) is 0 Å². The van der Waals surface area contributed by atoms with Gasteiger partial charge < -0.3 is 10.1 Å². The first-order valence-corrected chi connectivity index (χ1v) is 8.75. The number of ether oxygens (including phenoxy) is 1. The number of piperidine rings is 1. The monoisotopic (exact) mass is 342 g/mol. The van der Waals surface area contributed by atoms with Crippen molar-refractivity contribution in [1.82, 2.24) is 20.0 Å². The minimum atomic E-state index is 0.0711. The van der Waals surface area contributed by atoms with Crippen LogP contribution in [0.3, 0.4) is 0 Å². The van der Waals surface area contributed by atoms with Gasteiger partial charge in [-0.2, -0.15) is 5.10 Å². The summed E-state index contributed by atoms with van der Waals surface area (Å²) in [7, 11) is 3.64. The molecule has 6 heteroatoms. The van der Waals surface area contributed by atoms with Crippen LogP contribution in [0.25, 0.3) is 0 Å². The summed E-state index contributed by atoms with van der Waals surface area (Å²) in [5.74, 6) is 1.43. The lowest BCUT2D eigenvalue weighted by Crippen LogP contribution is -2.41. The number of amides is 1. The molecular formula is C19H26N4O2. The largest absolute Gasteiger partial charge is 0.497 e. The average Bonchev–Trinajstić information content (AvgIpc) is 3.07. The van der Waals surface area contributed by atoms with Gasteiger partial charge in [0.2, 0.25) is 5.91 Å². The van der Waals surface area contributed by atoms with E-state index in [0.29, 0.717) is 19.0 Å². The van der Waals surface area contributed by atoms with Crippen molar-refractivity contribution in [2.45, 2.75) is 25.3 Å². The van der Waals surface area contributed by atoms with Gasteiger partial charge in [-0.25, -0.2) is 0 Å². The summed E-state index contributed by atoms with van der Waals surface area (Å²) in [6.07, 6.45) is 4.00. The van der Waals surface area contributed by atoms with Crippen LogP contribution in [-0.2, 0) is 18.4 Å². The molecule has 1 aliphatic rings. The number of carbonyl (C=O) groups is 1. The molecular weight excluding hydrogens is 316 g/mol. The van der Waals surface area contributed by atoms with E-state index >= 15 is 0 Å². The summed E-state index contributed by atoms with van der Waals surface area (Å²) in [6.45, 7) is 2.88. The zero-order valence-corrected chi connectivity index (χ0v) is 14.9. The Bertz CT molecular complexity index is 705. The second kappa shape index (κ2) is 8.16. The van der Waals surface area contributed by atoms with Gasteiger partial charge in [-0.1, -0.05) is 12.1 Å². The van der Waals surface area contributed by atoms with Crippen LogP contribution >= 0.6 is 0 Å². The topological polar surface area (TPSA) is 59.4 Å². The molecule has 1 saturated heterocycles. The SMILES string of the molecule is COc1cccc(CNC(=O)CN2CCC(c3ccnn3C)CC2)c1. The average molecular weight is 342 g/mol. The van der Waals surface area contributed by atoms with E-state index < -0.39 is 0 Å². The Kier molecular flexibility index (Phi) is 5.71. The summed E-state index contributed by atoms with van der Waals surface area (Å²) in [6, 6.07) is 9.87. The van der Waals surface area contributed by atoms with Crippen molar-refractivity contribution in [2.24, 2.45) is 7.05 Å². The molecule has 6 nitrogen and oxygen atoms in total. The normalized spacial score (nSPS) is 15.9. The van der Waals surface area contributed by atoms with Crippen molar-refractivity contribution in [3.8, 4) is 5.75 Å². The fourth-order valence-electron chi connectivity index (χ4n) is 3.41. The number of rotatable bonds is 6. The van der Waals surface area contributed by atoms with Gasteiger partial charge in [0.05, 0.1) is 13.7 Å². The van der Waals surface area contributed by atoms with Gasteiger partial charge in [-0.15, -0.1) is 0 Å². The fourth-order valence-corrected chi connectivity index (χ4v) is 3.41.